The van der Waals surface area contributed by atoms with Gasteiger partial charge < -0.3 is 15.3 Å². The van der Waals surface area contributed by atoms with Crippen LogP contribution in [0.15, 0.2) is 18.2 Å². The zero-order valence-electron chi connectivity index (χ0n) is 20.2. The summed E-state index contributed by atoms with van der Waals surface area (Å²) in [5.41, 5.74) is 2.93. The van der Waals surface area contributed by atoms with Gasteiger partial charge in [-0.2, -0.15) is 0 Å². The highest BCUT2D eigenvalue weighted by Gasteiger charge is 2.40. The van der Waals surface area contributed by atoms with Crippen molar-refractivity contribution in [3.05, 3.63) is 29.3 Å². The van der Waals surface area contributed by atoms with Crippen molar-refractivity contribution >= 4 is 17.5 Å². The number of nitrogens with one attached hydrogen (secondary N) is 2. The van der Waals surface area contributed by atoms with Crippen molar-refractivity contribution in [2.24, 2.45) is 11.8 Å². The Bertz CT molecular complexity index is 845. The van der Waals surface area contributed by atoms with E-state index in [1.807, 2.05) is 18.2 Å². The third-order valence-electron chi connectivity index (χ3n) is 7.94. The highest BCUT2D eigenvalue weighted by atomic mass is 16.3. The van der Waals surface area contributed by atoms with Gasteiger partial charge in [0, 0.05) is 30.8 Å². The lowest BCUT2D eigenvalue weighted by molar-refractivity contribution is -0.141. The van der Waals surface area contributed by atoms with Crippen molar-refractivity contribution in [2.45, 2.75) is 77.1 Å². The zero-order chi connectivity index (χ0) is 23.4. The molecule has 2 amide bonds. The summed E-state index contributed by atoms with van der Waals surface area (Å²) in [6, 6.07) is 5.45. The molecule has 1 aromatic carbocycles. The van der Waals surface area contributed by atoms with Crippen molar-refractivity contribution in [2.75, 3.05) is 32.0 Å². The van der Waals surface area contributed by atoms with Gasteiger partial charge in [0.15, 0.2) is 0 Å². The topological polar surface area (TPSA) is 84.9 Å². The molecule has 4 atom stereocenters. The SMILES string of the molecule is C[C@H]1CCCC1CCCN(C)CCCNc1cccc2c1CN(C1CCC(=O)NC1=O)C2O. The van der Waals surface area contributed by atoms with Crippen LogP contribution in [0.3, 0.4) is 0 Å². The number of nitrogens with zero attached hydrogens (tertiary/aromatic N) is 2. The number of imide groups is 1. The highest BCUT2D eigenvalue weighted by Crippen LogP contribution is 2.38. The summed E-state index contributed by atoms with van der Waals surface area (Å²) in [5.74, 6) is 1.31. The van der Waals surface area contributed by atoms with Crippen LogP contribution >= 0.6 is 0 Å². The molecular formula is C26H40N4O3. The first-order valence-electron chi connectivity index (χ1n) is 12.8. The number of carbonyl (C=O) groups is 2. The van der Waals surface area contributed by atoms with Crippen LogP contribution in [-0.4, -0.2) is 59.4 Å². The van der Waals surface area contributed by atoms with E-state index in [1.54, 1.807) is 4.90 Å². The summed E-state index contributed by atoms with van der Waals surface area (Å²) in [6.45, 7) is 6.02. The molecule has 33 heavy (non-hydrogen) atoms. The van der Waals surface area contributed by atoms with Crippen LogP contribution in [0.4, 0.5) is 5.69 Å². The van der Waals surface area contributed by atoms with E-state index in [-0.39, 0.29) is 11.8 Å². The van der Waals surface area contributed by atoms with Crippen LogP contribution in [0.5, 0.6) is 0 Å². The maximum absolute atomic E-state index is 12.3. The molecule has 3 aliphatic rings. The lowest BCUT2D eigenvalue weighted by Gasteiger charge is -2.31. The van der Waals surface area contributed by atoms with Crippen molar-refractivity contribution in [1.29, 1.82) is 0 Å². The van der Waals surface area contributed by atoms with Gasteiger partial charge in [0.05, 0.1) is 6.04 Å². The Balaban J connectivity index is 1.22. The molecule has 1 saturated carbocycles. The molecule has 3 N–H and O–H groups in total. The molecule has 7 heteroatoms. The number of anilines is 1. The van der Waals surface area contributed by atoms with E-state index in [1.165, 1.54) is 32.1 Å². The molecule has 1 aliphatic carbocycles. The molecule has 3 unspecified atom stereocenters. The average molecular weight is 457 g/mol. The van der Waals surface area contributed by atoms with Gasteiger partial charge in [0.1, 0.15) is 6.23 Å². The Morgan fingerprint density at radius 2 is 2.00 bits per heavy atom. The fourth-order valence-corrected chi connectivity index (χ4v) is 5.87. The predicted molar refractivity (Wildman–Crippen MR) is 129 cm³/mol. The van der Waals surface area contributed by atoms with Crippen molar-refractivity contribution < 1.29 is 14.7 Å². The van der Waals surface area contributed by atoms with Gasteiger partial charge in [-0.15, -0.1) is 0 Å². The van der Waals surface area contributed by atoms with Crippen molar-refractivity contribution in [3.63, 3.8) is 0 Å². The van der Waals surface area contributed by atoms with Gasteiger partial charge in [0.2, 0.25) is 11.8 Å². The maximum atomic E-state index is 12.3. The van der Waals surface area contributed by atoms with E-state index in [2.05, 4.69) is 29.5 Å². The molecule has 0 spiro atoms. The molecular weight excluding hydrogens is 416 g/mol. The summed E-state index contributed by atoms with van der Waals surface area (Å²) in [5, 5.41) is 16.8. The quantitative estimate of drug-likeness (QED) is 0.370. The van der Waals surface area contributed by atoms with Crippen LogP contribution in [-0.2, 0) is 16.1 Å². The minimum atomic E-state index is -0.820. The van der Waals surface area contributed by atoms with Gasteiger partial charge in [-0.05, 0) is 69.3 Å². The van der Waals surface area contributed by atoms with E-state index in [4.69, 9.17) is 0 Å². The summed E-state index contributed by atoms with van der Waals surface area (Å²) < 4.78 is 0. The maximum Gasteiger partial charge on any atom is 0.244 e. The first kappa shape index (κ1) is 24.2. The molecule has 2 fully saturated rings. The second kappa shape index (κ2) is 11.0. The van der Waals surface area contributed by atoms with Gasteiger partial charge in [-0.1, -0.05) is 38.3 Å². The number of aliphatic hydroxyl groups excluding tert-OH is 1. The third-order valence-corrected chi connectivity index (χ3v) is 7.94. The molecule has 0 bridgehead atoms. The Labute approximate surface area is 197 Å². The molecule has 2 aliphatic heterocycles. The number of piperidine rings is 1. The first-order chi connectivity index (χ1) is 15.9. The second-order valence-electron chi connectivity index (χ2n) is 10.3. The molecule has 0 radical (unpaired) electrons. The van der Waals surface area contributed by atoms with Crippen LogP contribution in [0.25, 0.3) is 0 Å². The summed E-state index contributed by atoms with van der Waals surface area (Å²) in [4.78, 5) is 28.0. The van der Waals surface area contributed by atoms with Crippen LogP contribution in [0.1, 0.15) is 75.6 Å². The zero-order valence-corrected chi connectivity index (χ0v) is 20.2. The Kier molecular flexibility index (Phi) is 8.04. The lowest BCUT2D eigenvalue weighted by atomic mass is 9.93. The second-order valence-corrected chi connectivity index (χ2v) is 10.3. The Morgan fingerprint density at radius 1 is 1.18 bits per heavy atom. The number of aliphatic hydroxyl groups is 1. The molecule has 1 saturated heterocycles. The first-order valence-corrected chi connectivity index (χ1v) is 12.8. The van der Waals surface area contributed by atoms with E-state index in [9.17, 15) is 14.7 Å². The molecule has 4 rings (SSSR count). The molecule has 1 aromatic rings. The molecule has 182 valence electrons. The smallest absolute Gasteiger partial charge is 0.244 e. The van der Waals surface area contributed by atoms with Crippen molar-refractivity contribution in [1.82, 2.24) is 15.1 Å². The Morgan fingerprint density at radius 3 is 2.76 bits per heavy atom. The number of fused-ring (bicyclic) bond motifs is 1. The largest absolute Gasteiger partial charge is 0.385 e. The number of carbonyl (C=O) groups excluding carboxylic acids is 2. The van der Waals surface area contributed by atoms with Gasteiger partial charge in [-0.25, -0.2) is 0 Å². The predicted octanol–water partition coefficient (Wildman–Crippen LogP) is 3.25. The summed E-state index contributed by atoms with van der Waals surface area (Å²) >= 11 is 0. The van der Waals surface area contributed by atoms with Gasteiger partial charge in [0.25, 0.3) is 0 Å². The lowest BCUT2D eigenvalue weighted by Crippen LogP contribution is -2.51. The molecule has 2 heterocycles. The number of hydrogen-bond acceptors (Lipinski definition) is 6. The highest BCUT2D eigenvalue weighted by molar-refractivity contribution is 6.00. The number of benzene rings is 1. The minimum absolute atomic E-state index is 0.233. The normalized spacial score (nSPS) is 27.8. The van der Waals surface area contributed by atoms with E-state index < -0.39 is 12.3 Å². The number of hydrogen-bond donors (Lipinski definition) is 3. The minimum Gasteiger partial charge on any atom is -0.385 e. The Hall–Kier alpha value is -1.96. The third kappa shape index (κ3) is 5.76. The fraction of sp³-hybridized carbons (Fsp3) is 0.692. The average Bonchev–Trinajstić information content (AvgIpc) is 3.35. The van der Waals surface area contributed by atoms with Gasteiger partial charge in [-0.3, -0.25) is 19.8 Å². The van der Waals surface area contributed by atoms with Crippen molar-refractivity contribution in [3.8, 4) is 0 Å². The van der Waals surface area contributed by atoms with E-state index >= 15 is 0 Å². The monoisotopic (exact) mass is 456 g/mol. The number of amides is 2. The molecule has 0 aromatic heterocycles. The van der Waals surface area contributed by atoms with E-state index in [0.717, 1.165) is 54.7 Å². The molecule has 7 nitrogen and oxygen atoms in total. The van der Waals surface area contributed by atoms with Crippen LogP contribution in [0, 0.1) is 11.8 Å². The van der Waals surface area contributed by atoms with E-state index in [0.29, 0.717) is 19.4 Å². The summed E-state index contributed by atoms with van der Waals surface area (Å²) in [6.07, 6.45) is 7.91. The van der Waals surface area contributed by atoms with Crippen LogP contribution < -0.4 is 10.6 Å². The van der Waals surface area contributed by atoms with Crippen LogP contribution in [0.2, 0.25) is 0 Å². The standard InChI is InChI=1S/C26H40N4O3/c1-18-7-3-8-19(18)9-5-15-29(2)16-6-14-27-22-11-4-10-20-21(22)17-30(26(20)33)23-12-13-24(31)28-25(23)32/h4,10-11,18-19,23,26-27,33H,3,5-9,12-17H2,1-2H3,(H,28,31,32)/t18-,19?,23?,26?/m0/s1. The fourth-order valence-electron chi connectivity index (χ4n) is 5.87. The number of rotatable bonds is 10. The summed E-state index contributed by atoms with van der Waals surface area (Å²) in [7, 11) is 2.21. The van der Waals surface area contributed by atoms with Gasteiger partial charge >= 0.3 is 0 Å².